The van der Waals surface area contributed by atoms with Gasteiger partial charge in [-0.3, -0.25) is 14.4 Å². The molecule has 132 valence electrons. The number of ketones is 1. The number of Topliss-reactive ketones (excluding diaryl/α,β-unsaturated/α-hetero) is 1. The molecule has 2 rings (SSSR count). The first-order valence-corrected chi connectivity index (χ1v) is 8.15. The topological polar surface area (TPSA) is 69.7 Å². The van der Waals surface area contributed by atoms with Crippen LogP contribution in [0.2, 0.25) is 0 Å². The van der Waals surface area contributed by atoms with Gasteiger partial charge in [-0.1, -0.05) is 24.6 Å². The van der Waals surface area contributed by atoms with Crippen LogP contribution in [0, 0.1) is 16.7 Å². The first-order chi connectivity index (χ1) is 11.1. The van der Waals surface area contributed by atoms with E-state index < -0.39 is 22.8 Å². The predicted molar refractivity (Wildman–Crippen MR) is 89.1 cm³/mol. The van der Waals surface area contributed by atoms with Gasteiger partial charge in [0.25, 0.3) is 0 Å². The summed E-state index contributed by atoms with van der Waals surface area (Å²) in [7, 11) is 2.56. The molecule has 2 atom stereocenters. The molecular formula is C19H26O5. The lowest BCUT2D eigenvalue weighted by Crippen LogP contribution is -2.40. The van der Waals surface area contributed by atoms with Gasteiger partial charge in [0.15, 0.2) is 11.2 Å². The van der Waals surface area contributed by atoms with Gasteiger partial charge in [-0.05, 0) is 56.4 Å². The number of ether oxygens (including phenoxy) is 2. The molecule has 0 aromatic heterocycles. The van der Waals surface area contributed by atoms with Crippen LogP contribution in [0.3, 0.4) is 0 Å². The summed E-state index contributed by atoms with van der Waals surface area (Å²) in [5.74, 6) is -1.14. The van der Waals surface area contributed by atoms with E-state index in [2.05, 4.69) is 6.58 Å². The zero-order valence-electron chi connectivity index (χ0n) is 15.2. The van der Waals surface area contributed by atoms with Crippen LogP contribution in [0.4, 0.5) is 0 Å². The van der Waals surface area contributed by atoms with Crippen molar-refractivity contribution in [2.75, 3.05) is 14.2 Å². The van der Waals surface area contributed by atoms with E-state index in [0.717, 1.165) is 16.7 Å². The van der Waals surface area contributed by atoms with Crippen molar-refractivity contribution >= 4 is 17.7 Å². The number of carbonyl (C=O) groups excluding carboxylic acids is 3. The lowest BCUT2D eigenvalue weighted by molar-refractivity contribution is -0.169. The van der Waals surface area contributed by atoms with Crippen LogP contribution in [0.1, 0.15) is 46.5 Å². The Morgan fingerprint density at radius 2 is 1.71 bits per heavy atom. The van der Waals surface area contributed by atoms with Crippen molar-refractivity contribution in [3.05, 3.63) is 23.3 Å². The molecule has 0 radical (unpaired) electrons. The second-order valence-electron chi connectivity index (χ2n) is 7.48. The molecule has 0 amide bonds. The predicted octanol–water partition coefficient (Wildman–Crippen LogP) is 2.99. The molecule has 0 bridgehead atoms. The molecule has 0 N–H and O–H groups in total. The molecule has 0 heterocycles. The standard InChI is InChI=1S/C19H26O5/c1-11-7-12(2)15-9-19(16(21)23-5,17(22)24-6)10-18(15,4)8-14(11)13(3)20/h15H,2,7-10H2,1,3-6H3. The summed E-state index contributed by atoms with van der Waals surface area (Å²) in [4.78, 5) is 37.0. The lowest BCUT2D eigenvalue weighted by atomic mass is 9.72. The maximum Gasteiger partial charge on any atom is 0.323 e. The van der Waals surface area contributed by atoms with Gasteiger partial charge in [0, 0.05) is 0 Å². The Balaban J connectivity index is 2.53. The van der Waals surface area contributed by atoms with Crippen molar-refractivity contribution in [1.82, 2.24) is 0 Å². The van der Waals surface area contributed by atoms with Gasteiger partial charge in [-0.2, -0.15) is 0 Å². The molecule has 2 aliphatic rings. The Morgan fingerprint density at radius 1 is 1.17 bits per heavy atom. The van der Waals surface area contributed by atoms with E-state index in [9.17, 15) is 14.4 Å². The minimum absolute atomic E-state index is 0.0378. The van der Waals surface area contributed by atoms with Crippen molar-refractivity contribution < 1.29 is 23.9 Å². The summed E-state index contributed by atoms with van der Waals surface area (Å²) in [5.41, 5.74) is 1.05. The lowest BCUT2D eigenvalue weighted by Gasteiger charge is -2.31. The molecule has 0 aliphatic heterocycles. The van der Waals surface area contributed by atoms with E-state index in [0.29, 0.717) is 25.7 Å². The third-order valence-corrected chi connectivity index (χ3v) is 5.76. The molecule has 0 aromatic carbocycles. The Hall–Kier alpha value is -1.91. The second kappa shape index (κ2) is 6.19. The van der Waals surface area contributed by atoms with Gasteiger partial charge in [-0.15, -0.1) is 0 Å². The smallest absolute Gasteiger partial charge is 0.323 e. The monoisotopic (exact) mass is 334 g/mol. The number of fused-ring (bicyclic) bond motifs is 1. The Bertz CT molecular complexity index is 626. The number of hydrogen-bond acceptors (Lipinski definition) is 5. The SMILES string of the molecule is C=C1CC(C)=C(C(C)=O)CC2(C)CC(C(=O)OC)(C(=O)OC)CC12. The maximum atomic E-state index is 12.5. The highest BCUT2D eigenvalue weighted by molar-refractivity contribution is 6.01. The fourth-order valence-electron chi connectivity index (χ4n) is 4.64. The highest BCUT2D eigenvalue weighted by atomic mass is 16.5. The van der Waals surface area contributed by atoms with Gasteiger partial charge >= 0.3 is 11.9 Å². The van der Waals surface area contributed by atoms with E-state index in [4.69, 9.17) is 9.47 Å². The van der Waals surface area contributed by atoms with Crippen molar-refractivity contribution in [2.24, 2.45) is 16.7 Å². The largest absolute Gasteiger partial charge is 0.468 e. The molecule has 0 saturated heterocycles. The van der Waals surface area contributed by atoms with Crippen molar-refractivity contribution in [2.45, 2.75) is 46.5 Å². The molecule has 1 fully saturated rings. The summed E-state index contributed by atoms with van der Waals surface area (Å²) in [5, 5.41) is 0. The molecule has 5 nitrogen and oxygen atoms in total. The van der Waals surface area contributed by atoms with E-state index in [1.54, 1.807) is 6.92 Å². The van der Waals surface area contributed by atoms with Crippen LogP contribution in [0.5, 0.6) is 0 Å². The Kier molecular flexibility index (Phi) is 4.75. The maximum absolute atomic E-state index is 12.5. The van der Waals surface area contributed by atoms with Crippen LogP contribution in [0.15, 0.2) is 23.3 Å². The zero-order chi connectivity index (χ0) is 18.3. The molecule has 2 aliphatic carbocycles. The van der Waals surface area contributed by atoms with E-state index in [1.807, 2.05) is 13.8 Å². The molecule has 24 heavy (non-hydrogen) atoms. The minimum atomic E-state index is -1.32. The summed E-state index contributed by atoms with van der Waals surface area (Å²) >= 11 is 0. The van der Waals surface area contributed by atoms with Gasteiger partial charge in [0.2, 0.25) is 0 Å². The van der Waals surface area contributed by atoms with Crippen LogP contribution < -0.4 is 0 Å². The van der Waals surface area contributed by atoms with Crippen LogP contribution in [-0.4, -0.2) is 31.9 Å². The normalized spacial score (nSPS) is 28.9. The van der Waals surface area contributed by atoms with E-state index in [1.165, 1.54) is 14.2 Å². The molecule has 0 spiro atoms. The van der Waals surface area contributed by atoms with Gasteiger partial charge < -0.3 is 9.47 Å². The van der Waals surface area contributed by atoms with E-state index in [-0.39, 0.29) is 11.7 Å². The van der Waals surface area contributed by atoms with E-state index >= 15 is 0 Å². The van der Waals surface area contributed by atoms with Gasteiger partial charge in [0.1, 0.15) is 0 Å². The number of methoxy groups -OCH3 is 2. The quantitative estimate of drug-likeness (QED) is 0.451. The number of rotatable bonds is 3. The highest BCUT2D eigenvalue weighted by Crippen LogP contribution is 2.61. The number of allylic oxidation sites excluding steroid dienone is 3. The van der Waals surface area contributed by atoms with Crippen molar-refractivity contribution in [3.8, 4) is 0 Å². The first kappa shape index (κ1) is 18.4. The van der Waals surface area contributed by atoms with Crippen LogP contribution in [0.25, 0.3) is 0 Å². The Labute approximate surface area is 143 Å². The molecular weight excluding hydrogens is 308 g/mol. The van der Waals surface area contributed by atoms with Gasteiger partial charge in [-0.25, -0.2) is 0 Å². The molecule has 2 unspecified atom stereocenters. The average Bonchev–Trinajstić information content (AvgIpc) is 2.81. The summed E-state index contributed by atoms with van der Waals surface area (Å²) < 4.78 is 9.85. The molecule has 1 saturated carbocycles. The highest BCUT2D eigenvalue weighted by Gasteiger charge is 2.62. The second-order valence-corrected chi connectivity index (χ2v) is 7.48. The van der Waals surface area contributed by atoms with Crippen molar-refractivity contribution in [1.29, 1.82) is 0 Å². The fraction of sp³-hybridized carbons (Fsp3) is 0.632. The Morgan fingerprint density at radius 3 is 2.17 bits per heavy atom. The summed E-state index contributed by atoms with van der Waals surface area (Å²) in [6, 6.07) is 0. The summed E-state index contributed by atoms with van der Waals surface area (Å²) in [6.45, 7) is 9.74. The van der Waals surface area contributed by atoms with Gasteiger partial charge in [0.05, 0.1) is 14.2 Å². The van der Waals surface area contributed by atoms with Crippen molar-refractivity contribution in [3.63, 3.8) is 0 Å². The third-order valence-electron chi connectivity index (χ3n) is 5.76. The molecule has 5 heteroatoms. The minimum Gasteiger partial charge on any atom is -0.468 e. The third kappa shape index (κ3) is 2.70. The summed E-state index contributed by atoms with van der Waals surface area (Å²) in [6.07, 6.45) is 1.77. The number of esters is 2. The zero-order valence-corrected chi connectivity index (χ0v) is 15.2. The first-order valence-electron chi connectivity index (χ1n) is 8.15. The number of carbonyl (C=O) groups is 3. The molecule has 0 aromatic rings. The van der Waals surface area contributed by atoms with Crippen LogP contribution in [-0.2, 0) is 23.9 Å². The number of hydrogen-bond donors (Lipinski definition) is 0. The fourth-order valence-corrected chi connectivity index (χ4v) is 4.64. The average molecular weight is 334 g/mol. The van der Waals surface area contributed by atoms with Crippen LogP contribution >= 0.6 is 0 Å².